The molecule has 2 aromatic carbocycles. The maximum atomic E-state index is 11.9. The van der Waals surface area contributed by atoms with Crippen LogP contribution in [0.5, 0.6) is 0 Å². The fourth-order valence-electron chi connectivity index (χ4n) is 2.05. The number of thiophene rings is 1. The van der Waals surface area contributed by atoms with Crippen LogP contribution >= 0.6 is 11.3 Å². The first-order valence-electron chi connectivity index (χ1n) is 6.33. The number of amides is 2. The first-order valence-corrected chi connectivity index (χ1v) is 7.21. The third-order valence-electron chi connectivity index (χ3n) is 3.06. The summed E-state index contributed by atoms with van der Waals surface area (Å²) in [5, 5.41) is 8.96. The van der Waals surface area contributed by atoms with Crippen molar-refractivity contribution < 1.29 is 4.79 Å². The molecule has 3 aromatic rings. The lowest BCUT2D eigenvalue weighted by molar-refractivity contribution is 0.262. The van der Waals surface area contributed by atoms with Crippen molar-refractivity contribution in [2.45, 2.75) is 6.92 Å². The lowest BCUT2D eigenvalue weighted by Crippen LogP contribution is -2.19. The van der Waals surface area contributed by atoms with Gasteiger partial charge in [-0.2, -0.15) is 0 Å². The van der Waals surface area contributed by atoms with E-state index in [4.69, 9.17) is 0 Å². The molecule has 0 aliphatic heterocycles. The number of hydrogen-bond donors (Lipinski definition) is 2. The van der Waals surface area contributed by atoms with Crippen LogP contribution in [-0.2, 0) is 0 Å². The Hall–Kier alpha value is -2.33. The molecular formula is C16H14N2OS. The highest BCUT2D eigenvalue weighted by atomic mass is 32.1. The Morgan fingerprint density at radius 2 is 1.75 bits per heavy atom. The maximum Gasteiger partial charge on any atom is 0.323 e. The molecule has 0 unspecified atom stereocenters. The van der Waals surface area contributed by atoms with Crippen LogP contribution in [0, 0.1) is 6.92 Å². The summed E-state index contributed by atoms with van der Waals surface area (Å²) in [5.74, 6) is 0. The van der Waals surface area contributed by atoms with Gasteiger partial charge in [0, 0.05) is 16.1 Å². The summed E-state index contributed by atoms with van der Waals surface area (Å²) in [5.41, 5.74) is 2.81. The number of benzene rings is 2. The van der Waals surface area contributed by atoms with Crippen molar-refractivity contribution in [1.82, 2.24) is 0 Å². The number of carbonyl (C=O) groups is 1. The number of nitrogens with one attached hydrogen (secondary N) is 2. The smallest absolute Gasteiger partial charge is 0.308 e. The summed E-state index contributed by atoms with van der Waals surface area (Å²) < 4.78 is 1.23. The minimum atomic E-state index is -0.233. The molecule has 2 N–H and O–H groups in total. The van der Waals surface area contributed by atoms with Crippen LogP contribution < -0.4 is 10.6 Å². The van der Waals surface area contributed by atoms with E-state index in [9.17, 15) is 4.79 Å². The largest absolute Gasteiger partial charge is 0.323 e. The van der Waals surface area contributed by atoms with E-state index < -0.39 is 0 Å². The van der Waals surface area contributed by atoms with Gasteiger partial charge in [-0.25, -0.2) is 4.79 Å². The predicted octanol–water partition coefficient (Wildman–Crippen LogP) is 4.85. The van der Waals surface area contributed by atoms with Crippen molar-refractivity contribution in [2.24, 2.45) is 0 Å². The summed E-state index contributed by atoms with van der Waals surface area (Å²) in [6.07, 6.45) is 0. The minimum absolute atomic E-state index is 0.233. The van der Waals surface area contributed by atoms with Crippen LogP contribution in [0.4, 0.5) is 16.2 Å². The van der Waals surface area contributed by atoms with E-state index in [2.05, 4.69) is 22.9 Å². The molecule has 0 radical (unpaired) electrons. The second kappa shape index (κ2) is 5.35. The van der Waals surface area contributed by atoms with E-state index in [0.717, 1.165) is 11.4 Å². The molecule has 3 nitrogen and oxygen atoms in total. The van der Waals surface area contributed by atoms with E-state index in [1.165, 1.54) is 15.6 Å². The number of aryl methyl sites for hydroxylation is 1. The third-order valence-corrected chi connectivity index (χ3v) is 4.14. The Kier molecular flexibility index (Phi) is 3.39. The number of fused-ring (bicyclic) bond motifs is 1. The molecule has 0 bridgehead atoms. The van der Waals surface area contributed by atoms with Crippen molar-refractivity contribution in [3.63, 3.8) is 0 Å². The Morgan fingerprint density at radius 3 is 2.55 bits per heavy atom. The second-order valence-electron chi connectivity index (χ2n) is 4.57. The number of anilines is 2. The highest BCUT2D eigenvalue weighted by molar-refractivity contribution is 7.17. The van der Waals surface area contributed by atoms with Crippen molar-refractivity contribution in [2.75, 3.05) is 10.6 Å². The zero-order chi connectivity index (χ0) is 13.9. The van der Waals surface area contributed by atoms with E-state index in [-0.39, 0.29) is 6.03 Å². The molecule has 100 valence electrons. The SMILES string of the molecule is Cc1csc2ccc(NC(=O)Nc3ccccc3)cc12. The Labute approximate surface area is 121 Å². The lowest BCUT2D eigenvalue weighted by atomic mass is 10.2. The Bertz CT molecular complexity index is 750. The molecule has 0 saturated heterocycles. The summed E-state index contributed by atoms with van der Waals surface area (Å²) in [6.45, 7) is 2.08. The molecule has 0 aliphatic rings. The summed E-state index contributed by atoms with van der Waals surface area (Å²) >= 11 is 1.72. The van der Waals surface area contributed by atoms with Crippen molar-refractivity contribution in [3.05, 3.63) is 59.5 Å². The van der Waals surface area contributed by atoms with E-state index in [1.807, 2.05) is 48.5 Å². The normalized spacial score (nSPS) is 10.4. The topological polar surface area (TPSA) is 41.1 Å². The summed E-state index contributed by atoms with van der Waals surface area (Å²) in [6, 6.07) is 15.1. The molecular weight excluding hydrogens is 268 g/mol. The van der Waals surface area contributed by atoms with Gasteiger partial charge in [0.15, 0.2) is 0 Å². The second-order valence-corrected chi connectivity index (χ2v) is 5.49. The van der Waals surface area contributed by atoms with Crippen LogP contribution in [0.3, 0.4) is 0 Å². The molecule has 0 spiro atoms. The quantitative estimate of drug-likeness (QED) is 0.693. The summed E-state index contributed by atoms with van der Waals surface area (Å²) in [7, 11) is 0. The summed E-state index contributed by atoms with van der Waals surface area (Å²) in [4.78, 5) is 11.9. The van der Waals surface area contributed by atoms with Gasteiger partial charge in [-0.05, 0) is 53.6 Å². The number of para-hydroxylation sites is 1. The van der Waals surface area contributed by atoms with Gasteiger partial charge in [0.1, 0.15) is 0 Å². The Balaban J connectivity index is 1.75. The molecule has 3 rings (SSSR count). The fraction of sp³-hybridized carbons (Fsp3) is 0.0625. The van der Waals surface area contributed by atoms with Crippen LogP contribution in [0.1, 0.15) is 5.56 Å². The van der Waals surface area contributed by atoms with Crippen molar-refractivity contribution >= 4 is 38.8 Å². The van der Waals surface area contributed by atoms with E-state index in [0.29, 0.717) is 0 Å². The molecule has 0 saturated carbocycles. The van der Waals surface area contributed by atoms with Crippen molar-refractivity contribution in [3.8, 4) is 0 Å². The van der Waals surface area contributed by atoms with E-state index >= 15 is 0 Å². The highest BCUT2D eigenvalue weighted by Gasteiger charge is 2.05. The van der Waals surface area contributed by atoms with Gasteiger partial charge in [0.2, 0.25) is 0 Å². The molecule has 4 heteroatoms. The number of urea groups is 1. The van der Waals surface area contributed by atoms with Crippen LogP contribution in [0.25, 0.3) is 10.1 Å². The standard InChI is InChI=1S/C16H14N2OS/c1-11-10-20-15-8-7-13(9-14(11)15)18-16(19)17-12-5-3-2-4-6-12/h2-10H,1H3,(H2,17,18,19). The van der Waals surface area contributed by atoms with Crippen LogP contribution in [-0.4, -0.2) is 6.03 Å². The molecule has 0 aliphatic carbocycles. The predicted molar refractivity (Wildman–Crippen MR) is 85.6 cm³/mol. The zero-order valence-corrected chi connectivity index (χ0v) is 11.8. The molecule has 20 heavy (non-hydrogen) atoms. The van der Waals surface area contributed by atoms with Gasteiger partial charge in [0.25, 0.3) is 0 Å². The van der Waals surface area contributed by atoms with Gasteiger partial charge in [-0.1, -0.05) is 18.2 Å². The molecule has 2 amide bonds. The van der Waals surface area contributed by atoms with Crippen LogP contribution in [0.15, 0.2) is 53.9 Å². The Morgan fingerprint density at radius 1 is 1.00 bits per heavy atom. The molecule has 1 aromatic heterocycles. The number of carbonyl (C=O) groups excluding carboxylic acids is 1. The average Bonchev–Trinajstić information content (AvgIpc) is 2.81. The maximum absolute atomic E-state index is 11.9. The average molecular weight is 282 g/mol. The molecule has 0 fully saturated rings. The molecule has 0 atom stereocenters. The van der Waals surface area contributed by atoms with Gasteiger partial charge >= 0.3 is 6.03 Å². The minimum Gasteiger partial charge on any atom is -0.308 e. The third kappa shape index (κ3) is 2.65. The fourth-order valence-corrected chi connectivity index (χ4v) is 2.97. The lowest BCUT2D eigenvalue weighted by Gasteiger charge is -2.07. The monoisotopic (exact) mass is 282 g/mol. The molecule has 1 heterocycles. The van der Waals surface area contributed by atoms with Crippen molar-refractivity contribution in [1.29, 1.82) is 0 Å². The van der Waals surface area contributed by atoms with Gasteiger partial charge in [-0.15, -0.1) is 11.3 Å². The van der Waals surface area contributed by atoms with Gasteiger partial charge < -0.3 is 10.6 Å². The highest BCUT2D eigenvalue weighted by Crippen LogP contribution is 2.28. The van der Waals surface area contributed by atoms with E-state index in [1.54, 1.807) is 11.3 Å². The number of hydrogen-bond acceptors (Lipinski definition) is 2. The van der Waals surface area contributed by atoms with Crippen LogP contribution in [0.2, 0.25) is 0 Å². The van der Waals surface area contributed by atoms with Gasteiger partial charge in [-0.3, -0.25) is 0 Å². The zero-order valence-electron chi connectivity index (χ0n) is 11.0. The first-order chi connectivity index (χ1) is 9.72. The van der Waals surface area contributed by atoms with Gasteiger partial charge in [0.05, 0.1) is 0 Å². The first kappa shape index (κ1) is 12.7. The number of rotatable bonds is 2.